The number of hydrogen-bond donors (Lipinski definition) is 1. The Bertz CT molecular complexity index is 1420. The van der Waals surface area contributed by atoms with Crippen LogP contribution in [0.25, 0.3) is 10.9 Å². The van der Waals surface area contributed by atoms with Gasteiger partial charge in [-0.25, -0.2) is 15.0 Å². The molecular formula is C28H27ClN4O2. The van der Waals surface area contributed by atoms with Crippen molar-refractivity contribution in [3.63, 3.8) is 0 Å². The lowest BCUT2D eigenvalue weighted by Crippen LogP contribution is -2.17. The number of aliphatic imine (C=N–C) groups is 1. The molecule has 0 bridgehead atoms. The molecule has 3 aromatic carbocycles. The molecule has 0 unspecified atom stereocenters. The molecule has 1 aromatic heterocycles. The standard InChI is InChI=1S/C28H27ClN4O2/c1-18-5-4-6-20(11-18)15-34-25-10-8-21(14-23(25)29)32-27-22-12-19(7-9-24(22)30-17-31-27)13-26-33-28(2,3)16-35-26/h4-12,14,17H,13,15-16H2,1-3H3,(H,30,31,32). The van der Waals surface area contributed by atoms with Crippen LogP contribution in [0.2, 0.25) is 5.02 Å². The van der Waals surface area contributed by atoms with Crippen LogP contribution < -0.4 is 10.1 Å². The zero-order valence-electron chi connectivity index (χ0n) is 20.0. The maximum atomic E-state index is 6.53. The normalized spacial score (nSPS) is 14.5. The first-order valence-electron chi connectivity index (χ1n) is 11.5. The lowest BCUT2D eigenvalue weighted by atomic mass is 10.1. The molecule has 35 heavy (non-hydrogen) atoms. The summed E-state index contributed by atoms with van der Waals surface area (Å²) in [5, 5.41) is 4.82. The van der Waals surface area contributed by atoms with Crippen LogP contribution in [0.5, 0.6) is 5.75 Å². The van der Waals surface area contributed by atoms with Crippen LogP contribution in [-0.2, 0) is 17.8 Å². The summed E-state index contributed by atoms with van der Waals surface area (Å²) in [6, 6.07) is 20.0. The summed E-state index contributed by atoms with van der Waals surface area (Å²) in [4.78, 5) is 13.6. The predicted molar refractivity (Wildman–Crippen MR) is 141 cm³/mol. The second-order valence-corrected chi connectivity index (χ2v) is 9.81. The van der Waals surface area contributed by atoms with Crippen LogP contribution in [0.3, 0.4) is 0 Å². The van der Waals surface area contributed by atoms with Crippen molar-refractivity contribution < 1.29 is 9.47 Å². The Labute approximate surface area is 210 Å². The Morgan fingerprint density at radius 2 is 1.91 bits per heavy atom. The first kappa shape index (κ1) is 23.1. The van der Waals surface area contributed by atoms with E-state index >= 15 is 0 Å². The number of benzene rings is 3. The first-order valence-corrected chi connectivity index (χ1v) is 11.9. The summed E-state index contributed by atoms with van der Waals surface area (Å²) in [7, 11) is 0. The van der Waals surface area contributed by atoms with E-state index in [4.69, 9.17) is 21.1 Å². The molecule has 0 amide bonds. The van der Waals surface area contributed by atoms with E-state index in [-0.39, 0.29) is 5.54 Å². The first-order chi connectivity index (χ1) is 16.8. The predicted octanol–water partition coefficient (Wildman–Crippen LogP) is 6.66. The van der Waals surface area contributed by atoms with Crippen LogP contribution >= 0.6 is 11.6 Å². The number of fused-ring (bicyclic) bond motifs is 1. The van der Waals surface area contributed by atoms with E-state index in [0.29, 0.717) is 36.2 Å². The Kier molecular flexibility index (Phi) is 6.31. The second-order valence-electron chi connectivity index (χ2n) is 9.41. The fourth-order valence-corrected chi connectivity index (χ4v) is 4.27. The number of nitrogens with one attached hydrogen (secondary N) is 1. The third kappa shape index (κ3) is 5.54. The molecule has 1 N–H and O–H groups in total. The Balaban J connectivity index is 1.33. The molecule has 1 aliphatic rings. The largest absolute Gasteiger partial charge is 0.487 e. The highest BCUT2D eigenvalue weighted by molar-refractivity contribution is 6.32. The lowest BCUT2D eigenvalue weighted by Gasteiger charge is -2.12. The minimum Gasteiger partial charge on any atom is -0.487 e. The molecular weight excluding hydrogens is 460 g/mol. The maximum Gasteiger partial charge on any atom is 0.188 e. The summed E-state index contributed by atoms with van der Waals surface area (Å²) in [6.07, 6.45) is 2.18. The van der Waals surface area contributed by atoms with Crippen LogP contribution in [-0.4, -0.2) is 28.0 Å². The number of anilines is 2. The maximum absolute atomic E-state index is 6.53. The van der Waals surface area contributed by atoms with Crippen molar-refractivity contribution in [1.29, 1.82) is 0 Å². The van der Waals surface area contributed by atoms with Gasteiger partial charge in [-0.3, -0.25) is 0 Å². The van der Waals surface area contributed by atoms with Crippen molar-refractivity contribution in [2.45, 2.75) is 39.3 Å². The van der Waals surface area contributed by atoms with E-state index in [0.717, 1.165) is 33.6 Å². The summed E-state index contributed by atoms with van der Waals surface area (Å²) < 4.78 is 11.7. The number of rotatable bonds is 7. The Morgan fingerprint density at radius 3 is 2.69 bits per heavy atom. The van der Waals surface area contributed by atoms with Crippen molar-refractivity contribution in [3.8, 4) is 5.75 Å². The minimum atomic E-state index is -0.169. The van der Waals surface area contributed by atoms with E-state index in [1.165, 1.54) is 5.56 Å². The lowest BCUT2D eigenvalue weighted by molar-refractivity contribution is 0.275. The zero-order chi connectivity index (χ0) is 24.4. The van der Waals surface area contributed by atoms with Gasteiger partial charge in [0.15, 0.2) is 5.90 Å². The Hall–Kier alpha value is -3.64. The number of nitrogens with zero attached hydrogens (tertiary/aromatic N) is 3. The van der Waals surface area contributed by atoms with Gasteiger partial charge in [0.2, 0.25) is 0 Å². The van der Waals surface area contributed by atoms with Gasteiger partial charge in [0.05, 0.1) is 16.1 Å². The van der Waals surface area contributed by atoms with Crippen LogP contribution in [0.4, 0.5) is 11.5 Å². The highest BCUT2D eigenvalue weighted by Gasteiger charge is 2.26. The number of hydrogen-bond acceptors (Lipinski definition) is 6. The summed E-state index contributed by atoms with van der Waals surface area (Å²) in [5.41, 5.74) is 4.88. The smallest absolute Gasteiger partial charge is 0.188 e. The highest BCUT2D eigenvalue weighted by Crippen LogP contribution is 2.31. The number of aromatic nitrogens is 2. The summed E-state index contributed by atoms with van der Waals surface area (Å²) in [5.74, 6) is 2.10. The average molecular weight is 487 g/mol. The number of halogens is 1. The molecule has 0 spiro atoms. The van der Waals surface area contributed by atoms with Gasteiger partial charge in [0.25, 0.3) is 0 Å². The van der Waals surface area contributed by atoms with Crippen molar-refractivity contribution in [3.05, 3.63) is 88.7 Å². The molecule has 0 atom stereocenters. The number of ether oxygens (including phenoxy) is 2. The van der Waals surface area contributed by atoms with Gasteiger partial charge in [0.1, 0.15) is 31.1 Å². The van der Waals surface area contributed by atoms with E-state index in [1.807, 2.05) is 42.5 Å². The van der Waals surface area contributed by atoms with E-state index in [9.17, 15) is 0 Å². The summed E-state index contributed by atoms with van der Waals surface area (Å²) in [6.45, 7) is 7.27. The molecule has 0 saturated heterocycles. The third-order valence-corrected chi connectivity index (χ3v) is 6.04. The van der Waals surface area contributed by atoms with Crippen molar-refractivity contribution in [1.82, 2.24) is 9.97 Å². The number of aryl methyl sites for hydroxylation is 1. The van der Waals surface area contributed by atoms with Crippen molar-refractivity contribution >= 4 is 39.9 Å². The molecule has 7 heteroatoms. The SMILES string of the molecule is Cc1cccc(COc2ccc(Nc3ncnc4ccc(CC5=NC(C)(C)CO5)cc34)cc2Cl)c1. The zero-order valence-corrected chi connectivity index (χ0v) is 20.8. The monoisotopic (exact) mass is 486 g/mol. The van der Waals surface area contributed by atoms with Crippen LogP contribution in [0.1, 0.15) is 30.5 Å². The van der Waals surface area contributed by atoms with Gasteiger partial charge < -0.3 is 14.8 Å². The van der Waals surface area contributed by atoms with E-state index in [1.54, 1.807) is 6.33 Å². The fourth-order valence-electron chi connectivity index (χ4n) is 4.04. The van der Waals surface area contributed by atoms with Gasteiger partial charge in [-0.15, -0.1) is 0 Å². The van der Waals surface area contributed by atoms with Gasteiger partial charge in [-0.05, 0) is 62.2 Å². The van der Waals surface area contributed by atoms with Crippen LogP contribution in [0.15, 0.2) is 72.0 Å². The highest BCUT2D eigenvalue weighted by atomic mass is 35.5. The minimum absolute atomic E-state index is 0.169. The molecule has 0 aliphatic carbocycles. The van der Waals surface area contributed by atoms with Crippen molar-refractivity contribution in [2.24, 2.45) is 4.99 Å². The third-order valence-electron chi connectivity index (χ3n) is 5.75. The summed E-state index contributed by atoms with van der Waals surface area (Å²) >= 11 is 6.53. The molecule has 6 nitrogen and oxygen atoms in total. The molecule has 0 fully saturated rings. The molecule has 0 radical (unpaired) electrons. The van der Waals surface area contributed by atoms with Crippen LogP contribution in [0, 0.1) is 6.92 Å². The average Bonchev–Trinajstić information content (AvgIpc) is 3.17. The van der Waals surface area contributed by atoms with Gasteiger partial charge in [-0.1, -0.05) is 47.5 Å². The topological polar surface area (TPSA) is 68.6 Å². The molecule has 2 heterocycles. The van der Waals surface area contributed by atoms with Gasteiger partial charge in [-0.2, -0.15) is 0 Å². The van der Waals surface area contributed by atoms with E-state index < -0.39 is 0 Å². The van der Waals surface area contributed by atoms with Crippen molar-refractivity contribution in [2.75, 3.05) is 11.9 Å². The second kappa shape index (κ2) is 9.55. The van der Waals surface area contributed by atoms with Gasteiger partial charge >= 0.3 is 0 Å². The Morgan fingerprint density at radius 1 is 1.03 bits per heavy atom. The molecule has 5 rings (SSSR count). The van der Waals surface area contributed by atoms with Gasteiger partial charge in [0, 0.05) is 17.5 Å². The molecule has 4 aromatic rings. The molecule has 1 aliphatic heterocycles. The molecule has 178 valence electrons. The molecule has 0 saturated carbocycles. The van der Waals surface area contributed by atoms with E-state index in [2.05, 4.69) is 59.2 Å². The quantitative estimate of drug-likeness (QED) is 0.316. The fraction of sp³-hybridized carbons (Fsp3) is 0.250.